The fourth-order valence-electron chi connectivity index (χ4n) is 0.887. The first-order chi connectivity index (χ1) is 7.13. The summed E-state index contributed by atoms with van der Waals surface area (Å²) in [6, 6.07) is 3.00. The smallest absolute Gasteiger partial charge is 0.371 e. The van der Waals surface area contributed by atoms with Crippen LogP contribution in [0.1, 0.15) is 16.3 Å². The Labute approximate surface area is 90.8 Å². The van der Waals surface area contributed by atoms with E-state index in [1.54, 1.807) is 13.1 Å². The van der Waals surface area contributed by atoms with Gasteiger partial charge in [-0.3, -0.25) is 4.79 Å². The van der Waals surface area contributed by atoms with E-state index in [-0.39, 0.29) is 11.7 Å². The van der Waals surface area contributed by atoms with Crippen LogP contribution in [0.25, 0.3) is 0 Å². The summed E-state index contributed by atoms with van der Waals surface area (Å²) in [5, 5.41) is 11.1. The Bertz CT molecular complexity index is 361. The number of amides is 1. The Balaban J connectivity index is 2.38. The molecule has 0 atom stereocenters. The van der Waals surface area contributed by atoms with Crippen LogP contribution in [0.3, 0.4) is 0 Å². The van der Waals surface area contributed by atoms with Crippen LogP contribution in [0, 0.1) is 0 Å². The minimum atomic E-state index is -1.09. The van der Waals surface area contributed by atoms with Crippen LogP contribution in [-0.4, -0.2) is 29.8 Å². The number of rotatable bonds is 5. The summed E-state index contributed by atoms with van der Waals surface area (Å²) in [4.78, 5) is 21.3. The molecule has 0 saturated heterocycles. The van der Waals surface area contributed by atoms with Crippen LogP contribution < -0.4 is 5.32 Å². The maximum absolute atomic E-state index is 10.9. The van der Waals surface area contributed by atoms with E-state index in [1.165, 1.54) is 17.8 Å². The second kappa shape index (κ2) is 5.45. The van der Waals surface area contributed by atoms with Gasteiger partial charge < -0.3 is 14.8 Å². The predicted molar refractivity (Wildman–Crippen MR) is 55.9 cm³/mol. The SMILES string of the molecule is CNC(=O)CSCc1ccc(C(=O)O)o1. The summed E-state index contributed by atoms with van der Waals surface area (Å²) in [5.74, 6) is 0.148. The number of thioether (sulfide) groups is 1. The Morgan fingerprint density at radius 3 is 2.80 bits per heavy atom. The molecule has 0 saturated carbocycles. The Morgan fingerprint density at radius 2 is 2.27 bits per heavy atom. The van der Waals surface area contributed by atoms with E-state index in [4.69, 9.17) is 9.52 Å². The van der Waals surface area contributed by atoms with Gasteiger partial charge in [-0.2, -0.15) is 0 Å². The highest BCUT2D eigenvalue weighted by molar-refractivity contribution is 7.99. The molecule has 0 aliphatic carbocycles. The van der Waals surface area contributed by atoms with Crippen molar-refractivity contribution in [3.05, 3.63) is 23.7 Å². The second-order valence-corrected chi connectivity index (χ2v) is 3.72. The van der Waals surface area contributed by atoms with Crippen LogP contribution >= 0.6 is 11.8 Å². The molecule has 0 unspecified atom stereocenters. The van der Waals surface area contributed by atoms with Crippen molar-refractivity contribution in [3.8, 4) is 0 Å². The van der Waals surface area contributed by atoms with Crippen molar-refractivity contribution < 1.29 is 19.1 Å². The first-order valence-electron chi connectivity index (χ1n) is 4.24. The van der Waals surface area contributed by atoms with Crippen LogP contribution in [0.4, 0.5) is 0 Å². The topological polar surface area (TPSA) is 79.5 Å². The summed E-state index contributed by atoms with van der Waals surface area (Å²) in [5.41, 5.74) is 0. The average Bonchev–Trinajstić information content (AvgIpc) is 2.66. The lowest BCUT2D eigenvalue weighted by Gasteiger charge is -1.97. The number of carboxylic acid groups (broad SMARTS) is 1. The third-order valence-corrected chi connectivity index (χ3v) is 2.58. The number of carbonyl (C=O) groups excluding carboxylic acids is 1. The van der Waals surface area contributed by atoms with Gasteiger partial charge >= 0.3 is 5.97 Å². The third-order valence-electron chi connectivity index (χ3n) is 1.63. The Hall–Kier alpha value is -1.43. The van der Waals surface area contributed by atoms with Gasteiger partial charge in [0.25, 0.3) is 0 Å². The molecule has 0 radical (unpaired) electrons. The van der Waals surface area contributed by atoms with Crippen molar-refractivity contribution in [1.82, 2.24) is 5.32 Å². The maximum atomic E-state index is 10.9. The van der Waals surface area contributed by atoms with Gasteiger partial charge in [0, 0.05) is 7.05 Å². The first-order valence-corrected chi connectivity index (χ1v) is 5.39. The molecule has 0 fully saturated rings. The molecule has 1 aromatic heterocycles. The third kappa shape index (κ3) is 3.67. The molecule has 0 spiro atoms. The quantitative estimate of drug-likeness (QED) is 0.786. The zero-order valence-corrected chi connectivity index (χ0v) is 8.97. The van der Waals surface area contributed by atoms with Crippen molar-refractivity contribution in [2.45, 2.75) is 5.75 Å². The lowest BCUT2D eigenvalue weighted by atomic mass is 10.4. The molecular formula is C9H11NO4S. The van der Waals surface area contributed by atoms with Crippen molar-refractivity contribution in [2.24, 2.45) is 0 Å². The first kappa shape index (κ1) is 11.6. The number of aromatic carboxylic acids is 1. The summed E-state index contributed by atoms with van der Waals surface area (Å²) < 4.78 is 5.01. The highest BCUT2D eigenvalue weighted by Gasteiger charge is 2.09. The molecule has 1 heterocycles. The van der Waals surface area contributed by atoms with Gasteiger partial charge in [0.15, 0.2) is 0 Å². The Morgan fingerprint density at radius 1 is 1.53 bits per heavy atom. The molecule has 0 bridgehead atoms. The van der Waals surface area contributed by atoms with Gasteiger partial charge in [-0.15, -0.1) is 11.8 Å². The lowest BCUT2D eigenvalue weighted by molar-refractivity contribution is -0.118. The van der Waals surface area contributed by atoms with Gasteiger partial charge in [0.05, 0.1) is 11.5 Å². The van der Waals surface area contributed by atoms with Crippen LogP contribution in [0.5, 0.6) is 0 Å². The molecule has 1 amide bonds. The van der Waals surface area contributed by atoms with Crippen LogP contribution in [0.2, 0.25) is 0 Å². The van der Waals surface area contributed by atoms with Crippen molar-refractivity contribution in [2.75, 3.05) is 12.8 Å². The lowest BCUT2D eigenvalue weighted by Crippen LogP contribution is -2.19. The highest BCUT2D eigenvalue weighted by Crippen LogP contribution is 2.15. The number of hydrogen-bond acceptors (Lipinski definition) is 4. The standard InChI is InChI=1S/C9H11NO4S/c1-10-8(11)5-15-4-6-2-3-7(14-6)9(12)13/h2-3H,4-5H2,1H3,(H,10,11)(H,12,13). The van der Waals surface area contributed by atoms with Gasteiger partial charge in [0.2, 0.25) is 11.7 Å². The monoisotopic (exact) mass is 229 g/mol. The van der Waals surface area contributed by atoms with Crippen LogP contribution in [0.15, 0.2) is 16.5 Å². The minimum Gasteiger partial charge on any atom is -0.475 e. The van der Waals surface area contributed by atoms with Gasteiger partial charge in [-0.25, -0.2) is 4.79 Å². The zero-order chi connectivity index (χ0) is 11.3. The van der Waals surface area contributed by atoms with E-state index in [1.807, 2.05) is 0 Å². The zero-order valence-electron chi connectivity index (χ0n) is 8.15. The molecule has 6 heteroatoms. The second-order valence-electron chi connectivity index (χ2n) is 2.74. The van der Waals surface area contributed by atoms with Gasteiger partial charge in [-0.05, 0) is 12.1 Å². The number of nitrogens with one attached hydrogen (secondary N) is 1. The fourth-order valence-corrected chi connectivity index (χ4v) is 1.68. The molecule has 15 heavy (non-hydrogen) atoms. The number of carbonyl (C=O) groups is 2. The summed E-state index contributed by atoms with van der Waals surface area (Å²) >= 11 is 1.37. The van der Waals surface area contributed by atoms with E-state index < -0.39 is 5.97 Å². The molecular weight excluding hydrogens is 218 g/mol. The normalized spacial score (nSPS) is 9.93. The molecule has 0 aliphatic rings. The fraction of sp³-hybridized carbons (Fsp3) is 0.333. The van der Waals surface area contributed by atoms with Crippen LogP contribution in [-0.2, 0) is 10.5 Å². The van der Waals surface area contributed by atoms with Crippen molar-refractivity contribution in [3.63, 3.8) is 0 Å². The molecule has 1 rings (SSSR count). The number of furan rings is 1. The molecule has 82 valence electrons. The maximum Gasteiger partial charge on any atom is 0.371 e. The van der Waals surface area contributed by atoms with E-state index >= 15 is 0 Å². The van der Waals surface area contributed by atoms with Crippen molar-refractivity contribution >= 4 is 23.6 Å². The van der Waals surface area contributed by atoms with Crippen molar-refractivity contribution in [1.29, 1.82) is 0 Å². The summed E-state index contributed by atoms with van der Waals surface area (Å²) in [6.45, 7) is 0. The van der Waals surface area contributed by atoms with Gasteiger partial charge in [-0.1, -0.05) is 0 Å². The molecule has 2 N–H and O–H groups in total. The summed E-state index contributed by atoms with van der Waals surface area (Å²) in [6.07, 6.45) is 0. The largest absolute Gasteiger partial charge is 0.475 e. The predicted octanol–water partition coefficient (Wildman–Crippen LogP) is 0.957. The average molecular weight is 229 g/mol. The van der Waals surface area contributed by atoms with E-state index in [0.717, 1.165) is 0 Å². The molecule has 0 aromatic carbocycles. The molecule has 5 nitrogen and oxygen atoms in total. The van der Waals surface area contributed by atoms with E-state index in [0.29, 0.717) is 17.3 Å². The molecule has 0 aliphatic heterocycles. The van der Waals surface area contributed by atoms with E-state index in [2.05, 4.69) is 5.32 Å². The Kier molecular flexibility index (Phi) is 4.23. The molecule has 1 aromatic rings. The summed E-state index contributed by atoms with van der Waals surface area (Å²) in [7, 11) is 1.57. The minimum absolute atomic E-state index is 0.0648. The number of hydrogen-bond donors (Lipinski definition) is 2. The number of carboxylic acids is 1. The van der Waals surface area contributed by atoms with E-state index in [9.17, 15) is 9.59 Å². The van der Waals surface area contributed by atoms with Gasteiger partial charge in [0.1, 0.15) is 5.76 Å². The highest BCUT2D eigenvalue weighted by atomic mass is 32.2.